The molecule has 2 heterocycles. The van der Waals surface area contributed by atoms with Crippen molar-refractivity contribution in [3.63, 3.8) is 0 Å². The Morgan fingerprint density at radius 2 is 2.11 bits per heavy atom. The van der Waals surface area contributed by atoms with Gasteiger partial charge >= 0.3 is 0 Å². The van der Waals surface area contributed by atoms with E-state index in [9.17, 15) is 9.90 Å². The first kappa shape index (κ1) is 24.1. The number of carbonyl (C=O) groups is 1. The fraction of sp³-hybridized carbons (Fsp3) is 0.552. The molecule has 3 fully saturated rings. The number of likely N-dealkylation sites (tertiary alicyclic amines) is 1. The van der Waals surface area contributed by atoms with Crippen LogP contribution in [0.5, 0.6) is 5.75 Å². The molecule has 1 aromatic heterocycles. The number of carbonyl (C=O) groups excluding carboxylic acids is 1. The molecule has 0 spiro atoms. The Hall–Kier alpha value is -2.57. The molecule has 0 bridgehead atoms. The van der Waals surface area contributed by atoms with Gasteiger partial charge < -0.3 is 24.1 Å². The Balaban J connectivity index is 1.41. The lowest BCUT2D eigenvalue weighted by molar-refractivity contribution is -0.144. The van der Waals surface area contributed by atoms with Gasteiger partial charge in [-0.15, -0.1) is 0 Å². The molecule has 3 aliphatic rings. The second kappa shape index (κ2) is 9.47. The molecule has 2 aromatic rings. The number of likely N-dealkylation sites (N-methyl/N-ethyl adjacent to an activating group) is 1. The van der Waals surface area contributed by atoms with Crippen molar-refractivity contribution in [1.82, 2.24) is 9.80 Å². The number of nitrogens with zero attached hydrogens (tertiary/aromatic N) is 2. The molecular weight excluding hydrogens is 440 g/mol. The van der Waals surface area contributed by atoms with Crippen LogP contribution in [0.2, 0.25) is 0 Å². The monoisotopic (exact) mass is 478 g/mol. The van der Waals surface area contributed by atoms with Crippen molar-refractivity contribution in [2.75, 3.05) is 33.8 Å². The Morgan fingerprint density at radius 3 is 2.83 bits per heavy atom. The molecule has 0 radical (unpaired) electrons. The van der Waals surface area contributed by atoms with Gasteiger partial charge in [-0.1, -0.05) is 12.1 Å². The molecule has 6 nitrogen and oxygen atoms in total. The number of aliphatic hydroxyl groups is 1. The average molecular weight is 479 g/mol. The van der Waals surface area contributed by atoms with E-state index in [1.54, 1.807) is 19.4 Å². The van der Waals surface area contributed by atoms with Crippen LogP contribution in [0.3, 0.4) is 0 Å². The van der Waals surface area contributed by atoms with E-state index in [2.05, 4.69) is 17.0 Å². The van der Waals surface area contributed by atoms with Crippen LogP contribution in [0, 0.1) is 12.8 Å². The van der Waals surface area contributed by atoms with E-state index < -0.39 is 11.0 Å². The number of piperidine rings is 1. The lowest BCUT2D eigenvalue weighted by Crippen LogP contribution is -2.67. The van der Waals surface area contributed by atoms with Gasteiger partial charge in [0.2, 0.25) is 5.91 Å². The van der Waals surface area contributed by atoms with E-state index in [1.165, 1.54) is 12.8 Å². The molecule has 1 aliphatic heterocycles. The molecule has 188 valence electrons. The van der Waals surface area contributed by atoms with Gasteiger partial charge in [-0.2, -0.15) is 0 Å². The minimum absolute atomic E-state index is 0.0204. The van der Waals surface area contributed by atoms with Gasteiger partial charge in [0.25, 0.3) is 0 Å². The van der Waals surface area contributed by atoms with Crippen molar-refractivity contribution >= 4 is 12.0 Å². The van der Waals surface area contributed by atoms with Crippen molar-refractivity contribution in [1.29, 1.82) is 0 Å². The van der Waals surface area contributed by atoms with Crippen LogP contribution in [-0.2, 0) is 10.2 Å². The largest absolute Gasteiger partial charge is 0.497 e. The molecule has 1 N–H and O–H groups in total. The van der Waals surface area contributed by atoms with Gasteiger partial charge in [0.1, 0.15) is 11.5 Å². The van der Waals surface area contributed by atoms with Crippen LogP contribution >= 0.6 is 0 Å². The summed E-state index contributed by atoms with van der Waals surface area (Å²) >= 11 is 0. The number of amides is 1. The van der Waals surface area contributed by atoms with E-state index in [0.717, 1.165) is 60.9 Å². The van der Waals surface area contributed by atoms with Crippen LogP contribution in [0.15, 0.2) is 47.1 Å². The van der Waals surface area contributed by atoms with Crippen molar-refractivity contribution in [3.05, 3.63) is 59.6 Å². The number of hydrogen-bond acceptors (Lipinski definition) is 5. The molecule has 1 saturated heterocycles. The summed E-state index contributed by atoms with van der Waals surface area (Å²) < 4.78 is 10.9. The average Bonchev–Trinajstić information content (AvgIpc) is 3.59. The molecular formula is C29H38N2O4. The number of benzene rings is 1. The summed E-state index contributed by atoms with van der Waals surface area (Å²) in [7, 11) is 3.58. The predicted molar refractivity (Wildman–Crippen MR) is 136 cm³/mol. The minimum atomic E-state index is -0.823. The number of fused-ring (bicyclic) bond motifs is 1. The van der Waals surface area contributed by atoms with E-state index in [1.807, 2.05) is 43.1 Å². The minimum Gasteiger partial charge on any atom is -0.497 e. The SMILES string of the molecule is COc1cccc([C@@]23CCN(CC4CC4)C[C@@]2(O)CC[C@H](N(C)C(=O)/C=C/c2ccoc2C)C3)c1. The summed E-state index contributed by atoms with van der Waals surface area (Å²) in [4.78, 5) is 17.5. The number of β-amino-alcohol motifs (C(OH)–C–C–N with tert-alkyl or cyclic N) is 1. The van der Waals surface area contributed by atoms with Gasteiger partial charge in [-0.25, -0.2) is 0 Å². The molecule has 2 aliphatic carbocycles. The van der Waals surface area contributed by atoms with E-state index in [-0.39, 0.29) is 11.9 Å². The molecule has 1 aromatic carbocycles. The second-order valence-corrected chi connectivity index (χ2v) is 10.9. The number of furan rings is 1. The van der Waals surface area contributed by atoms with E-state index in [0.29, 0.717) is 13.0 Å². The lowest BCUT2D eigenvalue weighted by atomic mass is 9.55. The molecule has 0 unspecified atom stereocenters. The van der Waals surface area contributed by atoms with Gasteiger partial charge in [0.15, 0.2) is 0 Å². The number of hydrogen-bond donors (Lipinski definition) is 1. The highest BCUT2D eigenvalue weighted by molar-refractivity contribution is 5.92. The van der Waals surface area contributed by atoms with Crippen LogP contribution in [0.4, 0.5) is 0 Å². The summed E-state index contributed by atoms with van der Waals surface area (Å²) in [6.07, 6.45) is 10.8. The van der Waals surface area contributed by atoms with Gasteiger partial charge in [0.05, 0.1) is 19.0 Å². The zero-order valence-electron chi connectivity index (χ0n) is 21.2. The Morgan fingerprint density at radius 1 is 1.29 bits per heavy atom. The summed E-state index contributed by atoms with van der Waals surface area (Å²) in [5.74, 6) is 2.39. The second-order valence-electron chi connectivity index (χ2n) is 10.9. The van der Waals surface area contributed by atoms with Crippen LogP contribution in [0.25, 0.3) is 6.08 Å². The molecule has 5 rings (SSSR count). The van der Waals surface area contributed by atoms with Crippen molar-refractivity contribution in [2.45, 2.75) is 62.5 Å². The third kappa shape index (κ3) is 4.66. The first-order valence-electron chi connectivity index (χ1n) is 12.9. The zero-order valence-corrected chi connectivity index (χ0v) is 21.2. The fourth-order valence-electron chi connectivity index (χ4n) is 6.33. The summed E-state index contributed by atoms with van der Waals surface area (Å²) in [5.41, 5.74) is 0.807. The lowest BCUT2D eigenvalue weighted by Gasteiger charge is -2.59. The highest BCUT2D eigenvalue weighted by atomic mass is 16.5. The fourth-order valence-corrected chi connectivity index (χ4v) is 6.33. The topological polar surface area (TPSA) is 66.2 Å². The smallest absolute Gasteiger partial charge is 0.246 e. The number of rotatable bonds is 7. The number of ether oxygens (including phenoxy) is 1. The maximum Gasteiger partial charge on any atom is 0.246 e. The Labute approximate surface area is 208 Å². The maximum atomic E-state index is 13.1. The zero-order chi connectivity index (χ0) is 24.6. The van der Waals surface area contributed by atoms with Crippen molar-refractivity contribution < 1.29 is 19.1 Å². The number of aryl methyl sites for hydroxylation is 1. The van der Waals surface area contributed by atoms with E-state index >= 15 is 0 Å². The van der Waals surface area contributed by atoms with E-state index in [4.69, 9.17) is 9.15 Å². The Bertz CT molecular complexity index is 1090. The molecule has 6 heteroatoms. The molecule has 2 saturated carbocycles. The van der Waals surface area contributed by atoms with Crippen LogP contribution < -0.4 is 4.74 Å². The Kier molecular flexibility index (Phi) is 6.53. The van der Waals surface area contributed by atoms with Gasteiger partial charge in [-0.05, 0) is 87.7 Å². The normalized spacial score (nSPS) is 29.2. The molecule has 1 amide bonds. The quantitative estimate of drug-likeness (QED) is 0.598. The van der Waals surface area contributed by atoms with Gasteiger partial charge in [0, 0.05) is 43.2 Å². The molecule has 35 heavy (non-hydrogen) atoms. The summed E-state index contributed by atoms with van der Waals surface area (Å²) in [6.45, 7) is 4.66. The predicted octanol–water partition coefficient (Wildman–Crippen LogP) is 4.41. The third-order valence-corrected chi connectivity index (χ3v) is 8.74. The highest BCUT2D eigenvalue weighted by Gasteiger charge is 2.58. The molecule has 3 atom stereocenters. The first-order chi connectivity index (χ1) is 16.8. The summed E-state index contributed by atoms with van der Waals surface area (Å²) in [6, 6.07) is 10.1. The highest BCUT2D eigenvalue weighted by Crippen LogP contribution is 2.53. The standard InChI is InChI=1S/C29H38N2O4/c1-21-23(12-16-35-21)9-10-27(32)30(2)25-11-13-29(33)20-31(19-22-7-8-22)15-14-28(29,18-25)24-5-4-6-26(17-24)34-3/h4-6,9-10,12,16-17,22,25,33H,7-8,11,13-15,18-20H2,1-3H3/b10-9+/t25-,28-,29-/m0/s1. The number of methoxy groups -OCH3 is 1. The van der Waals surface area contributed by atoms with Crippen molar-refractivity contribution in [2.24, 2.45) is 5.92 Å². The summed E-state index contributed by atoms with van der Waals surface area (Å²) in [5, 5.41) is 12.2. The van der Waals surface area contributed by atoms with Crippen LogP contribution in [-0.4, -0.2) is 66.2 Å². The van der Waals surface area contributed by atoms with Crippen molar-refractivity contribution in [3.8, 4) is 5.75 Å². The maximum absolute atomic E-state index is 13.1. The first-order valence-corrected chi connectivity index (χ1v) is 12.9. The third-order valence-electron chi connectivity index (χ3n) is 8.74. The van der Waals surface area contributed by atoms with Crippen LogP contribution in [0.1, 0.15) is 55.4 Å². The van der Waals surface area contributed by atoms with Gasteiger partial charge in [-0.3, -0.25) is 4.79 Å².